The van der Waals surface area contributed by atoms with Crippen molar-refractivity contribution in [3.63, 3.8) is 0 Å². The smallest absolute Gasteiger partial charge is 0.191 e. The lowest BCUT2D eigenvalue weighted by molar-refractivity contribution is 0.102. The van der Waals surface area contributed by atoms with Crippen molar-refractivity contribution in [1.29, 1.82) is 0 Å². The van der Waals surface area contributed by atoms with Crippen LogP contribution >= 0.6 is 11.8 Å². The quantitative estimate of drug-likeness (QED) is 0.216. The number of ketones is 1. The van der Waals surface area contributed by atoms with E-state index in [4.69, 9.17) is 9.47 Å². The lowest BCUT2D eigenvalue weighted by Gasteiger charge is -2.13. The number of para-hydroxylation sites is 1. The minimum absolute atomic E-state index is 0.110. The molecule has 8 heteroatoms. The van der Waals surface area contributed by atoms with Crippen molar-refractivity contribution in [3.8, 4) is 16.9 Å². The highest BCUT2D eigenvalue weighted by Crippen LogP contribution is 2.30. The van der Waals surface area contributed by atoms with Gasteiger partial charge >= 0.3 is 0 Å². The fourth-order valence-electron chi connectivity index (χ4n) is 3.38. The fraction of sp³-hybridized carbons (Fsp3) is 0.192. The second-order valence-electron chi connectivity index (χ2n) is 7.41. The summed E-state index contributed by atoms with van der Waals surface area (Å²) in [6, 6.07) is 23.4. The summed E-state index contributed by atoms with van der Waals surface area (Å²) < 4.78 is 26.4. The first-order chi connectivity index (χ1) is 16.7. The molecular weight excluding hydrogens is 453 g/mol. The Kier molecular flexibility index (Phi) is 8.06. The minimum atomic E-state index is -0.373. The van der Waals surface area contributed by atoms with Gasteiger partial charge in [-0.05, 0) is 35.9 Å². The van der Waals surface area contributed by atoms with Crippen LogP contribution in [0.3, 0.4) is 0 Å². The van der Waals surface area contributed by atoms with Crippen LogP contribution in [0.25, 0.3) is 11.1 Å². The van der Waals surface area contributed by atoms with Gasteiger partial charge in [-0.3, -0.25) is 4.79 Å². The van der Waals surface area contributed by atoms with E-state index in [0.717, 1.165) is 16.9 Å². The number of benzene rings is 3. The van der Waals surface area contributed by atoms with Gasteiger partial charge in [0, 0.05) is 24.8 Å². The zero-order chi connectivity index (χ0) is 23.8. The van der Waals surface area contributed by atoms with Crippen molar-refractivity contribution in [2.45, 2.75) is 18.3 Å². The van der Waals surface area contributed by atoms with E-state index >= 15 is 0 Å². The molecule has 4 aromatic rings. The predicted octanol–water partition coefficient (Wildman–Crippen LogP) is 5.28. The third-order valence-electron chi connectivity index (χ3n) is 5.14. The lowest BCUT2D eigenvalue weighted by atomic mass is 10.1. The number of carbonyl (C=O) groups excluding carboxylic acids is 1. The Morgan fingerprint density at radius 3 is 2.47 bits per heavy atom. The Morgan fingerprint density at radius 2 is 1.71 bits per heavy atom. The largest absolute Gasteiger partial charge is 0.485 e. The molecule has 0 fully saturated rings. The van der Waals surface area contributed by atoms with Gasteiger partial charge in [0.1, 0.15) is 18.2 Å². The lowest BCUT2D eigenvalue weighted by Crippen LogP contribution is -2.12. The van der Waals surface area contributed by atoms with E-state index in [9.17, 15) is 9.18 Å². The average molecular weight is 478 g/mol. The maximum absolute atomic E-state index is 13.1. The maximum Gasteiger partial charge on any atom is 0.191 e. The van der Waals surface area contributed by atoms with E-state index in [1.807, 2.05) is 59.2 Å². The van der Waals surface area contributed by atoms with Crippen LogP contribution in [0.1, 0.15) is 16.2 Å². The number of aromatic nitrogens is 3. The average Bonchev–Trinajstić information content (AvgIpc) is 3.27. The van der Waals surface area contributed by atoms with Crippen LogP contribution in [0, 0.1) is 5.82 Å². The summed E-state index contributed by atoms with van der Waals surface area (Å²) in [7, 11) is 1.63. The molecule has 3 aromatic carbocycles. The standard InChI is InChI=1S/C26H24FN3O3S/c1-32-16-15-30-25(17-33-24-10-6-5-9-22(24)19-7-3-2-4-8-19)28-29-26(30)34-18-23(31)20-11-13-21(27)14-12-20/h2-14H,15-18H2,1H3. The molecule has 1 aromatic heterocycles. The minimum Gasteiger partial charge on any atom is -0.485 e. The molecule has 0 spiro atoms. The van der Waals surface area contributed by atoms with Crippen LogP contribution < -0.4 is 4.74 Å². The molecule has 0 N–H and O–H groups in total. The number of hydrogen-bond acceptors (Lipinski definition) is 6. The molecule has 6 nitrogen and oxygen atoms in total. The van der Waals surface area contributed by atoms with E-state index < -0.39 is 0 Å². The number of rotatable bonds is 11. The Hall–Kier alpha value is -3.49. The van der Waals surface area contributed by atoms with Gasteiger partial charge in [-0.1, -0.05) is 60.3 Å². The summed E-state index contributed by atoms with van der Waals surface area (Å²) in [6.45, 7) is 1.20. The van der Waals surface area contributed by atoms with Gasteiger partial charge in [0.05, 0.1) is 12.4 Å². The zero-order valence-corrected chi connectivity index (χ0v) is 19.5. The van der Waals surface area contributed by atoms with Crippen LogP contribution in [0.5, 0.6) is 5.75 Å². The number of nitrogens with zero attached hydrogens (tertiary/aromatic N) is 3. The highest BCUT2D eigenvalue weighted by molar-refractivity contribution is 7.99. The molecule has 0 aliphatic heterocycles. The molecule has 0 aliphatic rings. The van der Waals surface area contributed by atoms with E-state index in [-0.39, 0.29) is 24.0 Å². The van der Waals surface area contributed by atoms with E-state index in [2.05, 4.69) is 10.2 Å². The third-order valence-corrected chi connectivity index (χ3v) is 6.11. The highest BCUT2D eigenvalue weighted by Gasteiger charge is 2.16. The van der Waals surface area contributed by atoms with Crippen LogP contribution in [-0.4, -0.2) is 40.0 Å². The molecule has 0 amide bonds. The first-order valence-corrected chi connectivity index (χ1v) is 11.7. The molecule has 174 valence electrons. The second kappa shape index (κ2) is 11.6. The van der Waals surface area contributed by atoms with Crippen molar-refractivity contribution in [3.05, 3.63) is 96.1 Å². The Morgan fingerprint density at radius 1 is 0.971 bits per heavy atom. The van der Waals surface area contributed by atoms with Crippen molar-refractivity contribution >= 4 is 17.5 Å². The summed E-state index contributed by atoms with van der Waals surface area (Å²) in [4.78, 5) is 12.5. The van der Waals surface area contributed by atoms with Crippen molar-refractivity contribution in [2.24, 2.45) is 0 Å². The first kappa shape index (κ1) is 23.7. The van der Waals surface area contributed by atoms with Gasteiger partial charge in [-0.2, -0.15) is 0 Å². The third kappa shape index (κ3) is 5.89. The predicted molar refractivity (Wildman–Crippen MR) is 130 cm³/mol. The summed E-state index contributed by atoms with van der Waals surface area (Å²) >= 11 is 1.28. The van der Waals surface area contributed by atoms with Gasteiger partial charge in [0.25, 0.3) is 0 Å². The van der Waals surface area contributed by atoms with Gasteiger partial charge in [0.15, 0.2) is 16.8 Å². The molecule has 0 unspecified atom stereocenters. The number of methoxy groups -OCH3 is 1. The monoisotopic (exact) mass is 477 g/mol. The molecule has 0 atom stereocenters. The van der Waals surface area contributed by atoms with Crippen LogP contribution in [0.4, 0.5) is 4.39 Å². The Balaban J connectivity index is 1.48. The molecule has 0 radical (unpaired) electrons. The zero-order valence-electron chi connectivity index (χ0n) is 18.7. The van der Waals surface area contributed by atoms with Crippen LogP contribution in [0.15, 0.2) is 84.0 Å². The van der Waals surface area contributed by atoms with Gasteiger partial charge in [-0.15, -0.1) is 10.2 Å². The van der Waals surface area contributed by atoms with Crippen molar-refractivity contribution in [1.82, 2.24) is 14.8 Å². The first-order valence-electron chi connectivity index (χ1n) is 10.8. The molecule has 34 heavy (non-hydrogen) atoms. The van der Waals surface area contributed by atoms with Crippen LogP contribution in [-0.2, 0) is 17.9 Å². The fourth-order valence-corrected chi connectivity index (χ4v) is 4.26. The van der Waals surface area contributed by atoms with Crippen LogP contribution in [0.2, 0.25) is 0 Å². The molecule has 4 rings (SSSR count). The van der Waals surface area contributed by atoms with E-state index in [1.165, 1.54) is 36.0 Å². The molecule has 0 saturated heterocycles. The second-order valence-corrected chi connectivity index (χ2v) is 8.36. The topological polar surface area (TPSA) is 66.2 Å². The molecular formula is C26H24FN3O3S. The molecule has 0 aliphatic carbocycles. The Labute approximate surface area is 201 Å². The SMILES string of the molecule is COCCn1c(COc2ccccc2-c2ccccc2)nnc1SCC(=O)c1ccc(F)cc1. The normalized spacial score (nSPS) is 10.9. The molecule has 0 saturated carbocycles. The molecule has 1 heterocycles. The van der Waals surface area contributed by atoms with Gasteiger partial charge in [0.2, 0.25) is 0 Å². The number of carbonyl (C=O) groups is 1. The van der Waals surface area contributed by atoms with Gasteiger partial charge in [-0.25, -0.2) is 4.39 Å². The number of hydrogen-bond donors (Lipinski definition) is 0. The van der Waals surface area contributed by atoms with Gasteiger partial charge < -0.3 is 14.0 Å². The number of halogens is 1. The van der Waals surface area contributed by atoms with Crippen molar-refractivity contribution < 1.29 is 18.7 Å². The van der Waals surface area contributed by atoms with E-state index in [0.29, 0.717) is 29.7 Å². The van der Waals surface area contributed by atoms with Crippen molar-refractivity contribution in [2.75, 3.05) is 19.5 Å². The highest BCUT2D eigenvalue weighted by atomic mass is 32.2. The molecule has 0 bridgehead atoms. The number of Topliss-reactive ketones (excluding diaryl/α,β-unsaturated/α-hetero) is 1. The summed E-state index contributed by atoms with van der Waals surface area (Å²) in [5, 5.41) is 9.17. The maximum atomic E-state index is 13.1. The van der Waals surface area contributed by atoms with E-state index in [1.54, 1.807) is 7.11 Å². The summed E-state index contributed by atoms with van der Waals surface area (Å²) in [5.41, 5.74) is 2.51. The Bertz CT molecular complexity index is 1230. The number of thioether (sulfide) groups is 1. The number of ether oxygens (including phenoxy) is 2. The summed E-state index contributed by atoms with van der Waals surface area (Å²) in [6.07, 6.45) is 0. The summed E-state index contributed by atoms with van der Waals surface area (Å²) in [5.74, 6) is 1.06.